The van der Waals surface area contributed by atoms with Crippen molar-refractivity contribution in [1.29, 1.82) is 0 Å². The van der Waals surface area contributed by atoms with Gasteiger partial charge in [0.15, 0.2) is 0 Å². The fourth-order valence-electron chi connectivity index (χ4n) is 4.25. The number of nitrogens with one attached hydrogen (secondary N) is 2. The Kier molecular flexibility index (Phi) is 11.1. The van der Waals surface area contributed by atoms with E-state index in [9.17, 15) is 9.59 Å². The Hall–Kier alpha value is -2.35. The first-order valence-corrected chi connectivity index (χ1v) is 12.5. The van der Waals surface area contributed by atoms with Gasteiger partial charge in [-0.3, -0.25) is 14.5 Å². The first-order chi connectivity index (χ1) is 16.2. The Morgan fingerprint density at radius 3 is 2.41 bits per heavy atom. The van der Waals surface area contributed by atoms with Crippen molar-refractivity contribution in [1.82, 2.24) is 25.0 Å². The van der Waals surface area contributed by atoms with Crippen molar-refractivity contribution >= 4 is 23.4 Å². The Balaban J connectivity index is 0.000000231. The maximum absolute atomic E-state index is 11.8. The third-order valence-electron chi connectivity index (χ3n) is 5.93. The number of likely N-dealkylation sites (N-methyl/N-ethyl adjacent to an activating group) is 1. The van der Waals surface area contributed by atoms with E-state index in [1.54, 1.807) is 6.92 Å². The van der Waals surface area contributed by atoms with Crippen LogP contribution in [0.1, 0.15) is 43.9 Å². The minimum atomic E-state index is -0.00220. The van der Waals surface area contributed by atoms with Crippen LogP contribution in [-0.4, -0.2) is 78.5 Å². The summed E-state index contributed by atoms with van der Waals surface area (Å²) in [5.41, 5.74) is 3.97. The number of carbonyl (C=O) groups is 2. The molecule has 0 aliphatic carbocycles. The molecule has 0 radical (unpaired) electrons. The summed E-state index contributed by atoms with van der Waals surface area (Å²) in [4.78, 5) is 27.3. The molecule has 3 heterocycles. The smallest absolute Gasteiger partial charge is 0.267 e. The molecule has 2 aromatic rings. The summed E-state index contributed by atoms with van der Waals surface area (Å²) in [6, 6.07) is 9.91. The van der Waals surface area contributed by atoms with E-state index >= 15 is 0 Å². The van der Waals surface area contributed by atoms with Gasteiger partial charge in [-0.05, 0) is 44.7 Å². The van der Waals surface area contributed by atoms with Crippen LogP contribution in [0.25, 0.3) is 11.1 Å². The molecule has 34 heavy (non-hydrogen) atoms. The highest BCUT2D eigenvalue weighted by Crippen LogP contribution is 2.29. The van der Waals surface area contributed by atoms with Crippen molar-refractivity contribution in [2.75, 3.05) is 46.3 Å². The third-order valence-corrected chi connectivity index (χ3v) is 6.17. The standard InChI is InChI=1S/C14H13ClN2O.C10H21N3O.C2H6/c1-9-12(10-3-2-4-11(15)7-10)8-13-14(18)16-5-6-17(9)13;1-9(11-10(2)14)8-13-6-4-12(3)5-7-13;1-2/h2-4,7-8H,5-6H2,1H3,(H,16,18);9H,4-8H2,1-3H3,(H,11,14);1-2H3. The van der Waals surface area contributed by atoms with Crippen LogP contribution in [0.15, 0.2) is 30.3 Å². The number of fused-ring (bicyclic) bond motifs is 1. The van der Waals surface area contributed by atoms with E-state index in [1.165, 1.54) is 0 Å². The molecule has 0 spiro atoms. The molecule has 2 aliphatic rings. The largest absolute Gasteiger partial charge is 0.353 e. The van der Waals surface area contributed by atoms with Gasteiger partial charge in [-0.15, -0.1) is 0 Å². The molecular formula is C26H40ClN5O2. The molecule has 4 rings (SSSR count). The molecular weight excluding hydrogens is 450 g/mol. The van der Waals surface area contributed by atoms with Crippen LogP contribution in [0.4, 0.5) is 0 Å². The number of piperazine rings is 1. The van der Waals surface area contributed by atoms with Crippen LogP contribution in [0.3, 0.4) is 0 Å². The molecule has 1 atom stereocenters. The quantitative estimate of drug-likeness (QED) is 0.687. The summed E-state index contributed by atoms with van der Waals surface area (Å²) in [5.74, 6) is 0.0595. The molecule has 1 aromatic carbocycles. The summed E-state index contributed by atoms with van der Waals surface area (Å²) >= 11 is 6.02. The minimum absolute atomic E-state index is 0.00220. The predicted octanol–water partition coefficient (Wildman–Crippen LogP) is 3.64. The number of aromatic nitrogens is 1. The van der Waals surface area contributed by atoms with Crippen LogP contribution in [0.2, 0.25) is 5.02 Å². The van der Waals surface area contributed by atoms with Gasteiger partial charge >= 0.3 is 0 Å². The average Bonchev–Trinajstić information content (AvgIpc) is 3.15. The molecule has 1 aromatic heterocycles. The third kappa shape index (κ3) is 7.86. The van der Waals surface area contributed by atoms with E-state index in [0.29, 0.717) is 11.6 Å². The first kappa shape index (κ1) is 27.9. The second-order valence-electron chi connectivity index (χ2n) is 8.65. The number of hydrogen-bond donors (Lipinski definition) is 2. The fourth-order valence-corrected chi connectivity index (χ4v) is 4.44. The zero-order chi connectivity index (χ0) is 25.3. The number of hydrogen-bond acceptors (Lipinski definition) is 4. The van der Waals surface area contributed by atoms with Gasteiger partial charge in [-0.25, -0.2) is 0 Å². The van der Waals surface area contributed by atoms with Crippen molar-refractivity contribution in [3.63, 3.8) is 0 Å². The minimum Gasteiger partial charge on any atom is -0.353 e. The van der Waals surface area contributed by atoms with E-state index < -0.39 is 0 Å². The summed E-state index contributed by atoms with van der Waals surface area (Å²) in [5, 5.41) is 6.47. The molecule has 2 amide bonds. The van der Waals surface area contributed by atoms with Crippen LogP contribution >= 0.6 is 11.6 Å². The molecule has 1 fully saturated rings. The summed E-state index contributed by atoms with van der Waals surface area (Å²) in [7, 11) is 2.15. The number of carbonyl (C=O) groups excluding carboxylic acids is 2. The second-order valence-corrected chi connectivity index (χ2v) is 9.09. The van der Waals surface area contributed by atoms with E-state index in [2.05, 4.69) is 39.0 Å². The number of halogens is 1. The van der Waals surface area contributed by atoms with Crippen molar-refractivity contribution in [2.45, 2.75) is 47.2 Å². The van der Waals surface area contributed by atoms with E-state index in [4.69, 9.17) is 11.6 Å². The Labute approximate surface area is 209 Å². The van der Waals surface area contributed by atoms with Crippen LogP contribution in [0, 0.1) is 6.92 Å². The van der Waals surface area contributed by atoms with Gasteiger partial charge in [-0.1, -0.05) is 37.6 Å². The van der Waals surface area contributed by atoms with E-state index in [-0.39, 0.29) is 17.9 Å². The van der Waals surface area contributed by atoms with Gasteiger partial charge < -0.3 is 20.1 Å². The summed E-state index contributed by atoms with van der Waals surface area (Å²) < 4.78 is 2.06. The van der Waals surface area contributed by atoms with Crippen molar-refractivity contribution in [2.24, 2.45) is 0 Å². The number of benzene rings is 1. The lowest BCUT2D eigenvalue weighted by Gasteiger charge is -2.33. The van der Waals surface area contributed by atoms with Crippen molar-refractivity contribution in [3.05, 3.63) is 46.7 Å². The second kappa shape index (κ2) is 13.5. The van der Waals surface area contributed by atoms with E-state index in [0.717, 1.165) is 61.8 Å². The first-order valence-electron chi connectivity index (χ1n) is 12.2. The van der Waals surface area contributed by atoms with E-state index in [1.807, 2.05) is 51.1 Å². The lowest BCUT2D eigenvalue weighted by Crippen LogP contribution is -2.49. The van der Waals surface area contributed by atoms with Gasteiger partial charge in [0.05, 0.1) is 0 Å². The molecule has 0 saturated carbocycles. The highest BCUT2D eigenvalue weighted by molar-refractivity contribution is 6.30. The van der Waals surface area contributed by atoms with Gasteiger partial charge in [0, 0.05) is 75.1 Å². The fraction of sp³-hybridized carbons (Fsp3) is 0.538. The topological polar surface area (TPSA) is 69.6 Å². The van der Waals surface area contributed by atoms with Gasteiger partial charge in [-0.2, -0.15) is 0 Å². The molecule has 8 heteroatoms. The Morgan fingerprint density at radius 2 is 1.82 bits per heavy atom. The summed E-state index contributed by atoms with van der Waals surface area (Å²) in [6.45, 7) is 16.6. The highest BCUT2D eigenvalue weighted by atomic mass is 35.5. The molecule has 2 aliphatic heterocycles. The van der Waals surface area contributed by atoms with Crippen LogP contribution < -0.4 is 10.6 Å². The normalized spacial score (nSPS) is 16.7. The molecule has 0 bridgehead atoms. The zero-order valence-corrected chi connectivity index (χ0v) is 22.2. The Bertz CT molecular complexity index is 951. The molecule has 1 unspecified atom stereocenters. The molecule has 2 N–H and O–H groups in total. The molecule has 7 nitrogen and oxygen atoms in total. The SMILES string of the molecule is CC.CC(=O)NC(C)CN1CCN(C)CC1.Cc1c(-c2cccc(Cl)c2)cc2n1CCNC2=O. The number of amides is 2. The maximum Gasteiger partial charge on any atom is 0.267 e. The lowest BCUT2D eigenvalue weighted by molar-refractivity contribution is -0.119. The highest BCUT2D eigenvalue weighted by Gasteiger charge is 2.21. The van der Waals surface area contributed by atoms with Crippen molar-refractivity contribution < 1.29 is 9.59 Å². The van der Waals surface area contributed by atoms with Crippen LogP contribution in [-0.2, 0) is 11.3 Å². The Morgan fingerprint density at radius 1 is 1.15 bits per heavy atom. The van der Waals surface area contributed by atoms with Gasteiger partial charge in [0.1, 0.15) is 5.69 Å². The maximum atomic E-state index is 11.8. The van der Waals surface area contributed by atoms with Gasteiger partial charge in [0.25, 0.3) is 5.91 Å². The average molecular weight is 490 g/mol. The summed E-state index contributed by atoms with van der Waals surface area (Å²) in [6.07, 6.45) is 0. The van der Waals surface area contributed by atoms with Crippen molar-refractivity contribution in [3.8, 4) is 11.1 Å². The molecule has 1 saturated heterocycles. The molecule has 188 valence electrons. The predicted molar refractivity (Wildman–Crippen MR) is 141 cm³/mol. The number of rotatable bonds is 4. The van der Waals surface area contributed by atoms with Gasteiger partial charge in [0.2, 0.25) is 5.91 Å². The monoisotopic (exact) mass is 489 g/mol. The number of nitrogens with zero attached hydrogens (tertiary/aromatic N) is 3. The lowest BCUT2D eigenvalue weighted by atomic mass is 10.1. The van der Waals surface area contributed by atoms with Crippen LogP contribution in [0.5, 0.6) is 0 Å². The zero-order valence-electron chi connectivity index (χ0n) is 21.4.